The third-order valence-corrected chi connectivity index (χ3v) is 7.41. The fourth-order valence-corrected chi connectivity index (χ4v) is 5.57. The number of piperazine rings is 1. The van der Waals surface area contributed by atoms with Crippen molar-refractivity contribution in [3.05, 3.63) is 48.2 Å². The lowest BCUT2D eigenvalue weighted by molar-refractivity contribution is 0.223. The second kappa shape index (κ2) is 7.02. The number of hydrogen-bond acceptors (Lipinski definition) is 5. The Morgan fingerprint density at radius 3 is 2.38 bits per heavy atom. The maximum absolute atomic E-state index is 12.6. The first-order chi connectivity index (χ1) is 12.5. The maximum Gasteiger partial charge on any atom is 0.219 e. The maximum atomic E-state index is 12.6. The molecule has 7 nitrogen and oxygen atoms in total. The lowest BCUT2D eigenvalue weighted by atomic mass is 10.2. The lowest BCUT2D eigenvalue weighted by Gasteiger charge is -2.41. The SMILES string of the molecule is CN1CC(S(=O)(=O)N2CCN(c3ccn(Cc4ccccc4)n3)CC2)C1. The molecule has 26 heavy (non-hydrogen) atoms. The zero-order valence-corrected chi connectivity index (χ0v) is 15.8. The Balaban J connectivity index is 1.35. The first kappa shape index (κ1) is 17.5. The molecule has 0 aliphatic carbocycles. The van der Waals surface area contributed by atoms with Crippen LogP contribution in [0.1, 0.15) is 5.56 Å². The Morgan fingerprint density at radius 2 is 1.73 bits per heavy atom. The number of likely N-dealkylation sites (tertiary alicyclic amines) is 1. The Kier molecular flexibility index (Phi) is 4.73. The van der Waals surface area contributed by atoms with Crippen LogP contribution in [0.3, 0.4) is 0 Å². The van der Waals surface area contributed by atoms with Gasteiger partial charge in [0.2, 0.25) is 10.0 Å². The van der Waals surface area contributed by atoms with E-state index in [1.165, 1.54) is 5.56 Å². The van der Waals surface area contributed by atoms with Gasteiger partial charge in [-0.15, -0.1) is 0 Å². The van der Waals surface area contributed by atoms with Gasteiger partial charge in [-0.1, -0.05) is 30.3 Å². The van der Waals surface area contributed by atoms with Gasteiger partial charge in [0, 0.05) is 51.5 Å². The van der Waals surface area contributed by atoms with Gasteiger partial charge in [0.15, 0.2) is 5.82 Å². The molecule has 8 heteroatoms. The standard InChI is InChI=1S/C18H25N5O2S/c1-20-14-17(15-20)26(24,25)23-11-9-21(10-12-23)18-7-8-22(19-18)13-16-5-3-2-4-6-16/h2-8,17H,9-15H2,1H3. The molecular formula is C18H25N5O2S. The Bertz CT molecular complexity index is 837. The van der Waals surface area contributed by atoms with Crippen LogP contribution in [-0.2, 0) is 16.6 Å². The number of rotatable bonds is 5. The summed E-state index contributed by atoms with van der Waals surface area (Å²) in [7, 11) is -1.21. The number of sulfonamides is 1. The normalized spacial score (nSPS) is 20.3. The van der Waals surface area contributed by atoms with Gasteiger partial charge in [0.25, 0.3) is 0 Å². The summed E-state index contributed by atoms with van der Waals surface area (Å²) in [5.74, 6) is 0.918. The summed E-state index contributed by atoms with van der Waals surface area (Å²) in [5, 5.41) is 4.42. The van der Waals surface area contributed by atoms with Crippen molar-refractivity contribution in [3.8, 4) is 0 Å². The van der Waals surface area contributed by atoms with Crippen LogP contribution in [0.5, 0.6) is 0 Å². The number of anilines is 1. The summed E-state index contributed by atoms with van der Waals surface area (Å²) in [6.45, 7) is 4.47. The predicted octanol–water partition coefficient (Wildman–Crippen LogP) is 0.697. The van der Waals surface area contributed by atoms with Crippen LogP contribution in [0.2, 0.25) is 0 Å². The number of aromatic nitrogens is 2. The van der Waals surface area contributed by atoms with Gasteiger partial charge in [0.05, 0.1) is 6.54 Å². The van der Waals surface area contributed by atoms with Crippen molar-refractivity contribution in [2.24, 2.45) is 0 Å². The monoisotopic (exact) mass is 375 g/mol. The topological polar surface area (TPSA) is 61.7 Å². The minimum atomic E-state index is -3.16. The molecule has 0 atom stereocenters. The third-order valence-electron chi connectivity index (χ3n) is 5.19. The fourth-order valence-electron chi connectivity index (χ4n) is 3.59. The van der Waals surface area contributed by atoms with Crippen LogP contribution < -0.4 is 4.90 Å². The molecule has 0 radical (unpaired) electrons. The van der Waals surface area contributed by atoms with Gasteiger partial charge < -0.3 is 9.80 Å². The molecule has 0 N–H and O–H groups in total. The van der Waals surface area contributed by atoms with Gasteiger partial charge in [0.1, 0.15) is 5.25 Å². The van der Waals surface area contributed by atoms with Crippen molar-refractivity contribution in [1.29, 1.82) is 0 Å². The molecule has 0 saturated carbocycles. The number of nitrogens with zero attached hydrogens (tertiary/aromatic N) is 5. The largest absolute Gasteiger partial charge is 0.353 e. The average Bonchev–Trinajstić information content (AvgIpc) is 3.08. The van der Waals surface area contributed by atoms with E-state index in [1.54, 1.807) is 4.31 Å². The summed E-state index contributed by atoms with van der Waals surface area (Å²) < 4.78 is 28.8. The molecule has 1 aromatic heterocycles. The molecule has 2 aliphatic heterocycles. The highest BCUT2D eigenvalue weighted by atomic mass is 32.2. The molecule has 0 unspecified atom stereocenters. The minimum Gasteiger partial charge on any atom is -0.353 e. The second-order valence-electron chi connectivity index (χ2n) is 7.13. The van der Waals surface area contributed by atoms with Crippen LogP contribution in [0.4, 0.5) is 5.82 Å². The smallest absolute Gasteiger partial charge is 0.219 e. The first-order valence-corrected chi connectivity index (χ1v) is 10.5. The van der Waals surface area contributed by atoms with Crippen LogP contribution >= 0.6 is 0 Å². The van der Waals surface area contributed by atoms with Crippen molar-refractivity contribution >= 4 is 15.8 Å². The molecule has 2 aromatic rings. The van der Waals surface area contributed by atoms with Crippen LogP contribution in [0, 0.1) is 0 Å². The quantitative estimate of drug-likeness (QED) is 0.770. The molecule has 4 rings (SSSR count). The van der Waals surface area contributed by atoms with E-state index in [4.69, 9.17) is 0 Å². The first-order valence-electron chi connectivity index (χ1n) is 9.02. The van der Waals surface area contributed by atoms with Gasteiger partial charge >= 0.3 is 0 Å². The van der Waals surface area contributed by atoms with Gasteiger partial charge in [-0.2, -0.15) is 9.40 Å². The number of hydrogen-bond donors (Lipinski definition) is 0. The van der Waals surface area contributed by atoms with E-state index < -0.39 is 10.0 Å². The van der Waals surface area contributed by atoms with Gasteiger partial charge in [-0.25, -0.2) is 8.42 Å². The molecule has 0 amide bonds. The second-order valence-corrected chi connectivity index (χ2v) is 9.34. The van der Waals surface area contributed by atoms with Gasteiger partial charge in [-0.3, -0.25) is 4.68 Å². The van der Waals surface area contributed by atoms with Gasteiger partial charge in [-0.05, 0) is 12.6 Å². The average molecular weight is 375 g/mol. The van der Waals surface area contributed by atoms with E-state index in [2.05, 4.69) is 22.1 Å². The van der Waals surface area contributed by atoms with E-state index in [0.717, 1.165) is 12.4 Å². The van der Waals surface area contributed by atoms with E-state index in [0.29, 0.717) is 39.3 Å². The zero-order valence-electron chi connectivity index (χ0n) is 15.0. The van der Waals surface area contributed by atoms with Crippen molar-refractivity contribution < 1.29 is 8.42 Å². The van der Waals surface area contributed by atoms with Crippen molar-refractivity contribution in [2.45, 2.75) is 11.8 Å². The molecule has 0 bridgehead atoms. The highest BCUT2D eigenvalue weighted by Crippen LogP contribution is 2.21. The molecule has 140 valence electrons. The fraction of sp³-hybridized carbons (Fsp3) is 0.500. The minimum absolute atomic E-state index is 0.232. The highest BCUT2D eigenvalue weighted by molar-refractivity contribution is 7.89. The Labute approximate surface area is 154 Å². The molecule has 2 fully saturated rings. The van der Waals surface area contributed by atoms with E-state index in [1.807, 2.05) is 47.1 Å². The molecule has 2 saturated heterocycles. The summed E-state index contributed by atoms with van der Waals surface area (Å²) in [6.07, 6.45) is 1.98. The van der Waals surface area contributed by atoms with Crippen LogP contribution in [0.25, 0.3) is 0 Å². The molecule has 0 spiro atoms. The van der Waals surface area contributed by atoms with Crippen LogP contribution in [0.15, 0.2) is 42.6 Å². The molecule has 3 heterocycles. The summed E-state index contributed by atoms with van der Waals surface area (Å²) in [4.78, 5) is 4.21. The van der Waals surface area contributed by atoms with Crippen LogP contribution in [-0.4, -0.2) is 79.0 Å². The number of benzene rings is 1. The Morgan fingerprint density at radius 1 is 1.04 bits per heavy atom. The highest BCUT2D eigenvalue weighted by Gasteiger charge is 2.40. The summed E-state index contributed by atoms with van der Waals surface area (Å²) in [5.41, 5.74) is 1.21. The summed E-state index contributed by atoms with van der Waals surface area (Å²) >= 11 is 0. The van der Waals surface area contributed by atoms with Crippen molar-refractivity contribution in [3.63, 3.8) is 0 Å². The zero-order chi connectivity index (χ0) is 18.1. The molecule has 2 aliphatic rings. The lowest BCUT2D eigenvalue weighted by Crippen LogP contribution is -2.59. The molecule has 1 aromatic carbocycles. The predicted molar refractivity (Wildman–Crippen MR) is 102 cm³/mol. The summed E-state index contributed by atoms with van der Waals surface area (Å²) in [6, 6.07) is 12.2. The van der Waals surface area contributed by atoms with E-state index >= 15 is 0 Å². The van der Waals surface area contributed by atoms with E-state index in [9.17, 15) is 8.42 Å². The van der Waals surface area contributed by atoms with Crippen molar-refractivity contribution in [1.82, 2.24) is 19.0 Å². The Hall–Kier alpha value is -1.90. The third kappa shape index (κ3) is 3.49. The van der Waals surface area contributed by atoms with E-state index in [-0.39, 0.29) is 5.25 Å². The van der Waals surface area contributed by atoms with Crippen molar-refractivity contribution in [2.75, 3.05) is 51.2 Å². The molecular weight excluding hydrogens is 350 g/mol.